The van der Waals surface area contributed by atoms with E-state index in [0.29, 0.717) is 5.41 Å². The minimum absolute atomic E-state index is 0.295. The van der Waals surface area contributed by atoms with Gasteiger partial charge in [0.05, 0.1) is 13.7 Å². The molecule has 1 aliphatic rings. The minimum Gasteiger partial charge on any atom is -0.496 e. The van der Waals surface area contributed by atoms with Crippen molar-refractivity contribution in [3.8, 4) is 5.75 Å². The molecule has 1 fully saturated rings. The van der Waals surface area contributed by atoms with Crippen molar-refractivity contribution in [2.75, 3.05) is 33.9 Å². The molecule has 0 aromatic heterocycles. The van der Waals surface area contributed by atoms with Crippen molar-refractivity contribution in [3.05, 3.63) is 29.3 Å². The second-order valence-electron chi connectivity index (χ2n) is 5.82. The van der Waals surface area contributed by atoms with Crippen molar-refractivity contribution >= 4 is 0 Å². The molecule has 2 unspecified atom stereocenters. The molecule has 3 nitrogen and oxygen atoms in total. The molecule has 1 N–H and O–H groups in total. The third-order valence-electron chi connectivity index (χ3n) is 4.63. The van der Waals surface area contributed by atoms with Crippen LogP contribution in [0.2, 0.25) is 0 Å². The highest BCUT2D eigenvalue weighted by atomic mass is 16.5. The highest BCUT2D eigenvalue weighted by Crippen LogP contribution is 2.56. The Hall–Kier alpha value is -1.06. The van der Waals surface area contributed by atoms with Crippen LogP contribution >= 0.6 is 0 Å². The average molecular weight is 277 g/mol. The van der Waals surface area contributed by atoms with Crippen molar-refractivity contribution < 1.29 is 9.47 Å². The summed E-state index contributed by atoms with van der Waals surface area (Å²) >= 11 is 0. The van der Waals surface area contributed by atoms with E-state index in [2.05, 4.69) is 37.4 Å². The van der Waals surface area contributed by atoms with Crippen LogP contribution in [0, 0.1) is 12.8 Å². The number of benzene rings is 1. The average Bonchev–Trinajstić information content (AvgIpc) is 3.19. The molecule has 112 valence electrons. The molecule has 0 saturated heterocycles. The number of ether oxygens (including phenoxy) is 2. The third kappa shape index (κ3) is 2.99. The van der Waals surface area contributed by atoms with E-state index in [-0.39, 0.29) is 0 Å². The van der Waals surface area contributed by atoms with Gasteiger partial charge in [-0.15, -0.1) is 0 Å². The normalized spacial score (nSPS) is 24.7. The van der Waals surface area contributed by atoms with Crippen LogP contribution in [0.5, 0.6) is 5.75 Å². The fourth-order valence-electron chi connectivity index (χ4n) is 3.20. The number of hydrogen-bond acceptors (Lipinski definition) is 3. The van der Waals surface area contributed by atoms with E-state index >= 15 is 0 Å². The van der Waals surface area contributed by atoms with Gasteiger partial charge in [-0.25, -0.2) is 0 Å². The lowest BCUT2D eigenvalue weighted by molar-refractivity contribution is 0.198. The van der Waals surface area contributed by atoms with E-state index < -0.39 is 0 Å². The molecule has 2 rings (SSSR count). The van der Waals surface area contributed by atoms with Crippen molar-refractivity contribution in [3.63, 3.8) is 0 Å². The zero-order chi connectivity index (χ0) is 14.6. The standard InChI is InChI=1S/C17H27NO2/c1-5-14-11-17(14,12-18-8-9-19-3)15-7-6-13(2)16(10-15)20-4/h6-7,10,14,18H,5,8-9,11-12H2,1-4H3. The molecule has 1 aromatic rings. The van der Waals surface area contributed by atoms with Gasteiger partial charge in [-0.3, -0.25) is 0 Å². The molecule has 20 heavy (non-hydrogen) atoms. The second kappa shape index (κ2) is 6.59. The van der Waals surface area contributed by atoms with Crippen molar-refractivity contribution in [2.24, 2.45) is 5.92 Å². The predicted molar refractivity (Wildman–Crippen MR) is 82.6 cm³/mol. The maximum absolute atomic E-state index is 5.48. The summed E-state index contributed by atoms with van der Waals surface area (Å²) in [4.78, 5) is 0. The molecular formula is C17H27NO2. The Bertz CT molecular complexity index is 447. The molecule has 3 heteroatoms. The Balaban J connectivity index is 2.12. The van der Waals surface area contributed by atoms with Gasteiger partial charge in [-0.2, -0.15) is 0 Å². The second-order valence-corrected chi connectivity index (χ2v) is 5.82. The fourth-order valence-corrected chi connectivity index (χ4v) is 3.20. The van der Waals surface area contributed by atoms with Crippen LogP contribution in [-0.4, -0.2) is 33.9 Å². The van der Waals surface area contributed by atoms with Crippen LogP contribution in [0.15, 0.2) is 18.2 Å². The van der Waals surface area contributed by atoms with E-state index in [1.165, 1.54) is 24.0 Å². The minimum atomic E-state index is 0.295. The van der Waals surface area contributed by atoms with Crippen LogP contribution in [0.25, 0.3) is 0 Å². The topological polar surface area (TPSA) is 30.5 Å². The predicted octanol–water partition coefficient (Wildman–Crippen LogP) is 2.91. The largest absolute Gasteiger partial charge is 0.496 e. The number of methoxy groups -OCH3 is 2. The van der Waals surface area contributed by atoms with Crippen LogP contribution in [0.4, 0.5) is 0 Å². The number of aryl methyl sites for hydroxylation is 1. The molecule has 0 spiro atoms. The van der Waals surface area contributed by atoms with Crippen LogP contribution in [0.3, 0.4) is 0 Å². The van der Waals surface area contributed by atoms with E-state index in [1.807, 2.05) is 0 Å². The zero-order valence-corrected chi connectivity index (χ0v) is 13.2. The fraction of sp³-hybridized carbons (Fsp3) is 0.647. The van der Waals surface area contributed by atoms with Gasteiger partial charge in [0.25, 0.3) is 0 Å². The summed E-state index contributed by atoms with van der Waals surface area (Å²) in [5.74, 6) is 1.78. The SMILES string of the molecule is CCC1CC1(CNCCOC)c1ccc(C)c(OC)c1. The Labute approximate surface area is 122 Å². The van der Waals surface area contributed by atoms with Crippen LogP contribution in [-0.2, 0) is 10.2 Å². The summed E-state index contributed by atoms with van der Waals surface area (Å²) in [6.45, 7) is 7.09. The van der Waals surface area contributed by atoms with Crippen molar-refractivity contribution in [1.82, 2.24) is 5.32 Å². The van der Waals surface area contributed by atoms with Gasteiger partial charge >= 0.3 is 0 Å². The van der Waals surface area contributed by atoms with Gasteiger partial charge in [-0.1, -0.05) is 25.5 Å². The quantitative estimate of drug-likeness (QED) is 0.741. The Morgan fingerprint density at radius 1 is 1.35 bits per heavy atom. The van der Waals surface area contributed by atoms with E-state index in [1.54, 1.807) is 14.2 Å². The molecule has 0 heterocycles. The highest BCUT2D eigenvalue weighted by molar-refractivity contribution is 5.43. The molecule has 1 saturated carbocycles. The Kier molecular flexibility index (Phi) is 5.06. The van der Waals surface area contributed by atoms with Crippen LogP contribution < -0.4 is 10.1 Å². The summed E-state index contributed by atoms with van der Waals surface area (Å²) in [7, 11) is 3.49. The molecular weight excluding hydrogens is 250 g/mol. The molecule has 1 aliphatic carbocycles. The summed E-state index contributed by atoms with van der Waals surface area (Å²) < 4.78 is 10.6. The van der Waals surface area contributed by atoms with E-state index in [0.717, 1.165) is 31.4 Å². The summed E-state index contributed by atoms with van der Waals surface area (Å²) in [5, 5.41) is 3.54. The highest BCUT2D eigenvalue weighted by Gasteiger charge is 2.53. The summed E-state index contributed by atoms with van der Waals surface area (Å²) in [6, 6.07) is 6.67. The van der Waals surface area contributed by atoms with Gasteiger partial charge in [0.2, 0.25) is 0 Å². The smallest absolute Gasteiger partial charge is 0.122 e. The van der Waals surface area contributed by atoms with Crippen molar-refractivity contribution in [1.29, 1.82) is 0 Å². The van der Waals surface area contributed by atoms with Gasteiger partial charge < -0.3 is 14.8 Å². The first-order chi connectivity index (χ1) is 9.67. The third-order valence-corrected chi connectivity index (χ3v) is 4.63. The molecule has 0 radical (unpaired) electrons. The first-order valence-electron chi connectivity index (χ1n) is 7.52. The zero-order valence-electron chi connectivity index (χ0n) is 13.2. The Morgan fingerprint density at radius 3 is 2.75 bits per heavy atom. The number of rotatable bonds is 8. The number of hydrogen-bond donors (Lipinski definition) is 1. The van der Waals surface area contributed by atoms with Gasteiger partial charge in [0, 0.05) is 25.6 Å². The Morgan fingerprint density at radius 2 is 2.15 bits per heavy atom. The maximum Gasteiger partial charge on any atom is 0.122 e. The lowest BCUT2D eigenvalue weighted by Gasteiger charge is -2.20. The van der Waals surface area contributed by atoms with Crippen LogP contribution in [0.1, 0.15) is 30.9 Å². The molecule has 0 amide bonds. The lowest BCUT2D eigenvalue weighted by atomic mass is 9.91. The first-order valence-corrected chi connectivity index (χ1v) is 7.52. The molecule has 1 aromatic carbocycles. The maximum atomic E-state index is 5.48. The monoisotopic (exact) mass is 277 g/mol. The van der Waals surface area contributed by atoms with Gasteiger partial charge in [0.1, 0.15) is 5.75 Å². The first kappa shape index (κ1) is 15.3. The van der Waals surface area contributed by atoms with E-state index in [4.69, 9.17) is 9.47 Å². The summed E-state index contributed by atoms with van der Waals surface area (Å²) in [5.41, 5.74) is 2.91. The molecule has 0 aliphatic heterocycles. The van der Waals surface area contributed by atoms with Gasteiger partial charge in [-0.05, 0) is 36.5 Å². The molecule has 0 bridgehead atoms. The molecule has 2 atom stereocenters. The van der Waals surface area contributed by atoms with Crippen molar-refractivity contribution in [2.45, 2.75) is 32.1 Å². The van der Waals surface area contributed by atoms with Gasteiger partial charge in [0.15, 0.2) is 0 Å². The lowest BCUT2D eigenvalue weighted by Crippen LogP contribution is -2.31. The summed E-state index contributed by atoms with van der Waals surface area (Å²) in [6.07, 6.45) is 2.51. The van der Waals surface area contributed by atoms with E-state index in [9.17, 15) is 0 Å². The number of nitrogens with one attached hydrogen (secondary N) is 1.